The predicted molar refractivity (Wildman–Crippen MR) is 110 cm³/mol. The molecular formula is C21H19BrN2O2S. The first-order valence-electron chi connectivity index (χ1n) is 8.86. The first kappa shape index (κ1) is 18.2. The van der Waals surface area contributed by atoms with Crippen molar-refractivity contribution in [1.29, 1.82) is 0 Å². The summed E-state index contributed by atoms with van der Waals surface area (Å²) in [5, 5.41) is 6.14. The fraction of sp³-hybridized carbons (Fsp3) is 0.238. The van der Waals surface area contributed by atoms with Gasteiger partial charge in [0.25, 0.3) is 0 Å². The maximum absolute atomic E-state index is 12.5. The van der Waals surface area contributed by atoms with Gasteiger partial charge in [0.2, 0.25) is 5.91 Å². The summed E-state index contributed by atoms with van der Waals surface area (Å²) in [4.78, 5) is 17.2. The van der Waals surface area contributed by atoms with E-state index in [0.29, 0.717) is 13.0 Å². The molecule has 1 unspecified atom stereocenters. The molecule has 6 heteroatoms. The number of hydrogen-bond donors (Lipinski definition) is 1. The van der Waals surface area contributed by atoms with E-state index in [2.05, 4.69) is 38.4 Å². The third kappa shape index (κ3) is 4.57. The Morgan fingerprint density at radius 2 is 2.11 bits per heavy atom. The number of carbonyl (C=O) groups is 1. The predicted octanol–water partition coefficient (Wildman–Crippen LogP) is 4.68. The van der Waals surface area contributed by atoms with Crippen molar-refractivity contribution in [2.75, 3.05) is 6.61 Å². The van der Waals surface area contributed by atoms with Crippen molar-refractivity contribution < 1.29 is 9.53 Å². The van der Waals surface area contributed by atoms with E-state index in [9.17, 15) is 4.79 Å². The second-order valence-electron chi connectivity index (χ2n) is 6.51. The minimum Gasteiger partial charge on any atom is -0.493 e. The first-order chi connectivity index (χ1) is 13.2. The third-order valence-electron chi connectivity index (χ3n) is 4.49. The number of nitrogens with one attached hydrogen (secondary N) is 1. The van der Waals surface area contributed by atoms with Gasteiger partial charge in [-0.1, -0.05) is 46.3 Å². The average molecular weight is 443 g/mol. The molecule has 1 aromatic heterocycles. The molecule has 4 rings (SSSR count). The molecule has 0 saturated carbocycles. The Bertz CT molecular complexity index is 942. The minimum atomic E-state index is -0.0267. The van der Waals surface area contributed by atoms with E-state index >= 15 is 0 Å². The maximum atomic E-state index is 12.5. The van der Waals surface area contributed by atoms with Gasteiger partial charge in [0, 0.05) is 28.3 Å². The topological polar surface area (TPSA) is 51.2 Å². The van der Waals surface area contributed by atoms with Gasteiger partial charge in [-0.2, -0.15) is 0 Å². The van der Waals surface area contributed by atoms with E-state index in [0.717, 1.165) is 39.3 Å². The Kier molecular flexibility index (Phi) is 5.55. The Hall–Kier alpha value is -2.18. The summed E-state index contributed by atoms with van der Waals surface area (Å²) in [6, 6.07) is 16.1. The fourth-order valence-corrected chi connectivity index (χ4v) is 4.41. The smallest absolute Gasteiger partial charge is 0.226 e. The van der Waals surface area contributed by atoms with E-state index < -0.39 is 0 Å². The molecule has 1 N–H and O–H groups in total. The van der Waals surface area contributed by atoms with Crippen LogP contribution in [0.25, 0.3) is 0 Å². The lowest BCUT2D eigenvalue weighted by Gasteiger charge is -2.26. The lowest BCUT2D eigenvalue weighted by atomic mass is 10.0. The van der Waals surface area contributed by atoms with Crippen molar-refractivity contribution in [3.05, 3.63) is 80.2 Å². The second-order valence-corrected chi connectivity index (χ2v) is 8.37. The first-order valence-corrected chi connectivity index (χ1v) is 10.5. The molecule has 1 aliphatic rings. The second kappa shape index (κ2) is 8.23. The Balaban J connectivity index is 1.39. The largest absolute Gasteiger partial charge is 0.493 e. The molecule has 1 aliphatic heterocycles. The van der Waals surface area contributed by atoms with Gasteiger partial charge in [0.1, 0.15) is 5.75 Å². The average Bonchev–Trinajstić information content (AvgIpc) is 3.09. The molecule has 0 fully saturated rings. The highest BCUT2D eigenvalue weighted by Gasteiger charge is 2.23. The Morgan fingerprint density at radius 1 is 1.26 bits per heavy atom. The van der Waals surface area contributed by atoms with Crippen LogP contribution in [-0.4, -0.2) is 17.5 Å². The number of halogens is 1. The molecule has 2 heterocycles. The number of benzene rings is 2. The maximum Gasteiger partial charge on any atom is 0.226 e. The van der Waals surface area contributed by atoms with E-state index in [4.69, 9.17) is 4.74 Å². The van der Waals surface area contributed by atoms with Crippen LogP contribution in [0.1, 0.15) is 34.3 Å². The number of thiazole rings is 1. The molecule has 3 aromatic rings. The van der Waals surface area contributed by atoms with Gasteiger partial charge in [-0.3, -0.25) is 4.79 Å². The normalized spacial score (nSPS) is 15.7. The zero-order valence-electron chi connectivity index (χ0n) is 14.7. The van der Waals surface area contributed by atoms with Crippen molar-refractivity contribution in [3.8, 4) is 5.75 Å². The summed E-state index contributed by atoms with van der Waals surface area (Å²) < 4.78 is 6.67. The molecular weight excluding hydrogens is 424 g/mol. The van der Waals surface area contributed by atoms with Crippen molar-refractivity contribution in [3.63, 3.8) is 0 Å². The standard InChI is InChI=1S/C21H19BrN2O2S/c22-15-6-7-19-17(11-15)18(8-9-26-19)24-20(25)12-16-13-27-21(23-16)10-14-4-2-1-3-5-14/h1-7,11,13,18H,8-10,12H2,(H,24,25). The van der Waals surface area contributed by atoms with E-state index in [1.807, 2.05) is 41.8 Å². The Morgan fingerprint density at radius 3 is 2.96 bits per heavy atom. The highest BCUT2D eigenvalue weighted by Crippen LogP contribution is 2.34. The van der Waals surface area contributed by atoms with Crippen molar-refractivity contribution in [2.45, 2.75) is 25.3 Å². The molecule has 1 amide bonds. The third-order valence-corrected chi connectivity index (χ3v) is 5.88. The number of aromatic nitrogens is 1. The fourth-order valence-electron chi connectivity index (χ4n) is 3.21. The number of fused-ring (bicyclic) bond motifs is 1. The van der Waals surface area contributed by atoms with Crippen molar-refractivity contribution in [1.82, 2.24) is 10.3 Å². The molecule has 0 aliphatic carbocycles. The van der Waals surface area contributed by atoms with Crippen LogP contribution in [0.3, 0.4) is 0 Å². The van der Waals surface area contributed by atoms with Crippen LogP contribution in [0.2, 0.25) is 0 Å². The molecule has 0 spiro atoms. The molecule has 27 heavy (non-hydrogen) atoms. The summed E-state index contributed by atoms with van der Waals surface area (Å²) in [5.74, 6) is 0.831. The van der Waals surface area contributed by atoms with Crippen LogP contribution in [0.15, 0.2) is 58.4 Å². The minimum absolute atomic E-state index is 0.00983. The summed E-state index contributed by atoms with van der Waals surface area (Å²) >= 11 is 5.10. The van der Waals surface area contributed by atoms with Gasteiger partial charge < -0.3 is 10.1 Å². The van der Waals surface area contributed by atoms with Crippen molar-refractivity contribution in [2.24, 2.45) is 0 Å². The molecule has 138 valence electrons. The quantitative estimate of drug-likeness (QED) is 0.623. The molecule has 4 nitrogen and oxygen atoms in total. The number of amides is 1. The number of rotatable bonds is 5. The Labute approximate surface area is 170 Å². The zero-order valence-corrected chi connectivity index (χ0v) is 17.1. The van der Waals surface area contributed by atoms with Crippen LogP contribution >= 0.6 is 27.3 Å². The van der Waals surface area contributed by atoms with Crippen LogP contribution < -0.4 is 10.1 Å². The monoisotopic (exact) mass is 442 g/mol. The number of nitrogens with zero attached hydrogens (tertiary/aromatic N) is 1. The van der Waals surface area contributed by atoms with Gasteiger partial charge in [-0.15, -0.1) is 11.3 Å². The lowest BCUT2D eigenvalue weighted by molar-refractivity contribution is -0.121. The highest BCUT2D eigenvalue weighted by atomic mass is 79.9. The number of hydrogen-bond acceptors (Lipinski definition) is 4. The molecule has 1 atom stereocenters. The van der Waals surface area contributed by atoms with Crippen LogP contribution in [0.4, 0.5) is 0 Å². The van der Waals surface area contributed by atoms with Gasteiger partial charge >= 0.3 is 0 Å². The van der Waals surface area contributed by atoms with Crippen LogP contribution in [-0.2, 0) is 17.6 Å². The lowest BCUT2D eigenvalue weighted by Crippen LogP contribution is -2.33. The zero-order chi connectivity index (χ0) is 18.6. The summed E-state index contributed by atoms with van der Waals surface area (Å²) in [5.41, 5.74) is 3.07. The SMILES string of the molecule is O=C(Cc1csc(Cc2ccccc2)n1)NC1CCOc2ccc(Br)cc21. The van der Waals surface area contributed by atoms with Gasteiger partial charge in [-0.05, 0) is 23.8 Å². The summed E-state index contributed by atoms with van der Waals surface area (Å²) in [7, 11) is 0. The number of carbonyl (C=O) groups excluding carboxylic acids is 1. The summed E-state index contributed by atoms with van der Waals surface area (Å²) in [6.45, 7) is 0.609. The molecule has 0 radical (unpaired) electrons. The summed E-state index contributed by atoms with van der Waals surface area (Å²) in [6.07, 6.45) is 1.87. The highest BCUT2D eigenvalue weighted by molar-refractivity contribution is 9.10. The van der Waals surface area contributed by atoms with Crippen LogP contribution in [0, 0.1) is 0 Å². The van der Waals surface area contributed by atoms with Crippen LogP contribution in [0.5, 0.6) is 5.75 Å². The number of ether oxygens (including phenoxy) is 1. The van der Waals surface area contributed by atoms with Gasteiger partial charge in [0.05, 0.1) is 29.8 Å². The van der Waals surface area contributed by atoms with E-state index in [1.54, 1.807) is 11.3 Å². The van der Waals surface area contributed by atoms with E-state index in [-0.39, 0.29) is 11.9 Å². The molecule has 2 aromatic carbocycles. The van der Waals surface area contributed by atoms with Gasteiger partial charge in [-0.25, -0.2) is 4.98 Å². The molecule has 0 saturated heterocycles. The molecule has 0 bridgehead atoms. The van der Waals surface area contributed by atoms with Gasteiger partial charge in [0.15, 0.2) is 0 Å². The van der Waals surface area contributed by atoms with E-state index in [1.165, 1.54) is 5.56 Å². The van der Waals surface area contributed by atoms with Crippen molar-refractivity contribution >= 4 is 33.2 Å².